The van der Waals surface area contributed by atoms with Crippen LogP contribution in [0.15, 0.2) is 49.3 Å². The Balaban J connectivity index is -0.00000111. The number of carbonyl (C=O) groups is 3. The molecule has 0 aromatic carbocycles. The van der Waals surface area contributed by atoms with Gasteiger partial charge in [0.2, 0.25) is 24.4 Å². The molecule has 1 aliphatic heterocycles. The van der Waals surface area contributed by atoms with Crippen LogP contribution in [0.1, 0.15) is 41.5 Å². The van der Waals surface area contributed by atoms with Crippen LogP contribution in [0.3, 0.4) is 0 Å². The van der Waals surface area contributed by atoms with E-state index in [0.29, 0.717) is 27.0 Å². The van der Waals surface area contributed by atoms with Gasteiger partial charge in [0.15, 0.2) is 17.3 Å². The van der Waals surface area contributed by atoms with Crippen molar-refractivity contribution in [3.63, 3.8) is 0 Å². The molecule has 8 atom stereocenters. The summed E-state index contributed by atoms with van der Waals surface area (Å²) in [5.41, 5.74) is -11.3. The highest BCUT2D eigenvalue weighted by Gasteiger charge is 2.69. The van der Waals surface area contributed by atoms with E-state index in [4.69, 9.17) is 20.4 Å². The van der Waals surface area contributed by atoms with Crippen molar-refractivity contribution in [3.8, 4) is 0 Å². The quantitative estimate of drug-likeness (QED) is 0.0334. The van der Waals surface area contributed by atoms with Crippen molar-refractivity contribution in [2.75, 3.05) is 13.2 Å². The first-order valence-electron chi connectivity index (χ1n) is 21.1. The monoisotopic (exact) mass is 1330 g/mol. The third-order valence-electron chi connectivity index (χ3n) is 9.92. The second-order valence-corrected chi connectivity index (χ2v) is 17.5. The molecular weight excluding hydrogens is 1290 g/mol. The molecular formula is C41H43F31O13. The molecule has 0 amide bonds. The van der Waals surface area contributed by atoms with E-state index in [-0.39, 0.29) is 19.4 Å². The van der Waals surface area contributed by atoms with E-state index >= 15 is 0 Å². The van der Waals surface area contributed by atoms with Crippen molar-refractivity contribution in [3.05, 3.63) is 49.3 Å². The molecule has 44 heteroatoms. The van der Waals surface area contributed by atoms with Crippen LogP contribution in [0.2, 0.25) is 0 Å². The largest absolute Gasteiger partial charge is 0.493 e. The Bertz CT molecular complexity index is 2260. The summed E-state index contributed by atoms with van der Waals surface area (Å²) in [6.07, 6.45) is -69.5. The third-order valence-corrected chi connectivity index (χ3v) is 9.92. The summed E-state index contributed by atoms with van der Waals surface area (Å²) in [4.78, 5) is 33.2. The number of rotatable bonds is 18. The average molecular weight is 1330 g/mol. The number of esters is 3. The third kappa shape index (κ3) is 23.1. The zero-order chi connectivity index (χ0) is 69.4. The van der Waals surface area contributed by atoms with Gasteiger partial charge in [0.1, 0.15) is 23.4 Å². The summed E-state index contributed by atoms with van der Waals surface area (Å²) < 4.78 is 416. The molecule has 1 heterocycles. The van der Waals surface area contributed by atoms with Crippen LogP contribution in [-0.4, -0.2) is 184 Å². The van der Waals surface area contributed by atoms with Crippen molar-refractivity contribution < 1.29 is 199 Å². The first-order chi connectivity index (χ1) is 36.8. The van der Waals surface area contributed by atoms with Crippen LogP contribution in [0.5, 0.6) is 0 Å². The van der Waals surface area contributed by atoms with Gasteiger partial charge in [0.25, 0.3) is 6.10 Å². The second-order valence-electron chi connectivity index (χ2n) is 17.5. The lowest BCUT2D eigenvalue weighted by Gasteiger charge is -2.41. The van der Waals surface area contributed by atoms with Crippen LogP contribution in [-0.2, 0) is 42.8 Å². The molecule has 8 unspecified atom stereocenters. The highest BCUT2D eigenvalue weighted by atomic mass is 19.4. The SMILES string of the molecule is C=C(C(=O)OC(C(F)(F)F)C(F)(F)C1COCC(C(F)(F)C(O)C(F)(F)F)O1)C(F)(F)F.C=C(C(=O)OC(C)(C)C(F)(F)C(O)C(F)(F)F)C(F)(F)F.C=C(C)C(=O)OC(C)(C)C(F)(F)C(O)C(F)(F)F.C=COC(C)C(F)(F)C(O)C(F)(F)F. The number of aliphatic hydroxyl groups excluding tert-OH is 4. The minimum Gasteiger partial charge on any atom is -0.493 e. The Morgan fingerprint density at radius 3 is 1.07 bits per heavy atom. The highest BCUT2D eigenvalue weighted by molar-refractivity contribution is 5.90. The topological polar surface area (TPSA) is 188 Å². The number of hydrogen-bond acceptors (Lipinski definition) is 13. The van der Waals surface area contributed by atoms with E-state index in [1.54, 1.807) is 0 Å². The van der Waals surface area contributed by atoms with Gasteiger partial charge in [-0.15, -0.1) is 0 Å². The molecule has 0 saturated carbocycles. The van der Waals surface area contributed by atoms with E-state index < -0.39 is 175 Å². The van der Waals surface area contributed by atoms with E-state index in [2.05, 4.69) is 48.2 Å². The second kappa shape index (κ2) is 28.3. The number of carbonyl (C=O) groups excluding carboxylic acids is 3. The summed E-state index contributed by atoms with van der Waals surface area (Å²) in [5.74, 6) is -31.9. The van der Waals surface area contributed by atoms with Crippen molar-refractivity contribution in [2.24, 2.45) is 0 Å². The lowest BCUT2D eigenvalue weighted by molar-refractivity contribution is -0.349. The molecule has 0 aromatic rings. The summed E-state index contributed by atoms with van der Waals surface area (Å²) >= 11 is 0. The fourth-order valence-corrected chi connectivity index (χ4v) is 4.79. The standard InChI is InChI=1S/C14H11F13O5.C10H10F8O3.C10H13F5O3.C7H9F5O2/c1-4(12(19,20)21)7(28)32-9(14(25,26)27)11(17,18)6-3-30-2-5(31-6)10(15,16)8(29)13(22,23)24;1-4(9(13,14)15)5(19)21-7(2,3)8(11,12)6(20)10(16,17)18;1-5(2)6(16)18-8(3,4)9(11,12)7(17)10(13,14)15;1-3-14-4(2)6(8,9)5(13)7(10,11)12/h5-6,8-9,29H,1-3H2;6,20H,1H2,2-3H3;7,17H,1H2,2-4H3;3-5,13H,1H2,2H3. The Kier molecular flexibility index (Phi) is 27.9. The maximum atomic E-state index is 14.3. The van der Waals surface area contributed by atoms with Crippen molar-refractivity contribution in [1.82, 2.24) is 0 Å². The van der Waals surface area contributed by atoms with E-state index in [0.717, 1.165) is 6.92 Å². The van der Waals surface area contributed by atoms with Crippen molar-refractivity contribution >= 4 is 17.9 Å². The molecule has 4 N–H and O–H groups in total. The van der Waals surface area contributed by atoms with Gasteiger partial charge in [-0.05, 0) is 41.5 Å². The van der Waals surface area contributed by atoms with E-state index in [1.165, 1.54) is 0 Å². The Morgan fingerprint density at radius 1 is 0.482 bits per heavy atom. The Hall–Kier alpha value is -5.24. The van der Waals surface area contributed by atoms with Crippen LogP contribution < -0.4 is 0 Å². The lowest BCUT2D eigenvalue weighted by atomic mass is 9.94. The number of halogens is 31. The molecule has 0 spiro atoms. The molecule has 0 bridgehead atoms. The minimum atomic E-state index is -6.31. The van der Waals surface area contributed by atoms with Gasteiger partial charge < -0.3 is 48.8 Å². The van der Waals surface area contributed by atoms with E-state index in [9.17, 15) is 150 Å². The number of aliphatic hydroxyl groups is 4. The van der Waals surface area contributed by atoms with Crippen LogP contribution in [0.25, 0.3) is 0 Å². The number of ether oxygens (including phenoxy) is 6. The molecule has 13 nitrogen and oxygen atoms in total. The Morgan fingerprint density at radius 2 is 0.788 bits per heavy atom. The van der Waals surface area contributed by atoms with Crippen LogP contribution in [0, 0.1) is 0 Å². The van der Waals surface area contributed by atoms with Gasteiger partial charge in [0, 0.05) is 5.57 Å². The average Bonchev–Trinajstić information content (AvgIpc) is 3.29. The molecule has 85 heavy (non-hydrogen) atoms. The van der Waals surface area contributed by atoms with Gasteiger partial charge in [-0.3, -0.25) is 0 Å². The summed E-state index contributed by atoms with van der Waals surface area (Å²) in [6.45, 7) is 10.5. The zero-order valence-electron chi connectivity index (χ0n) is 42.6. The maximum Gasteiger partial charge on any atom is 0.431 e. The van der Waals surface area contributed by atoms with Crippen molar-refractivity contribution in [2.45, 2.75) is 174 Å². The van der Waals surface area contributed by atoms with Gasteiger partial charge in [-0.1, -0.05) is 26.3 Å². The molecule has 0 radical (unpaired) electrons. The van der Waals surface area contributed by atoms with Gasteiger partial charge >= 0.3 is 90.8 Å². The van der Waals surface area contributed by atoms with Crippen LogP contribution in [0.4, 0.5) is 136 Å². The first-order valence-corrected chi connectivity index (χ1v) is 21.1. The first kappa shape index (κ1) is 84.0. The van der Waals surface area contributed by atoms with Gasteiger partial charge in [-0.2, -0.15) is 127 Å². The Labute approximate surface area is 454 Å². The summed E-state index contributed by atoms with van der Waals surface area (Å²) in [5, 5.41) is 34.2. The normalized spacial score (nSPS) is 18.7. The molecule has 502 valence electrons. The van der Waals surface area contributed by atoms with Crippen LogP contribution >= 0.6 is 0 Å². The van der Waals surface area contributed by atoms with Gasteiger partial charge in [0.05, 0.1) is 19.5 Å². The molecule has 1 saturated heterocycles. The molecule has 0 aromatic heterocycles. The molecule has 1 aliphatic rings. The van der Waals surface area contributed by atoms with Gasteiger partial charge in [-0.25, -0.2) is 23.2 Å². The van der Waals surface area contributed by atoms with Crippen molar-refractivity contribution in [1.29, 1.82) is 0 Å². The predicted molar refractivity (Wildman–Crippen MR) is 215 cm³/mol. The number of alkyl halides is 31. The fraction of sp³-hybridized carbons (Fsp3) is 0.732. The summed E-state index contributed by atoms with van der Waals surface area (Å²) in [7, 11) is 0. The molecule has 0 aliphatic carbocycles. The fourth-order valence-electron chi connectivity index (χ4n) is 4.79. The van der Waals surface area contributed by atoms with E-state index in [1.807, 2.05) is 6.58 Å². The maximum absolute atomic E-state index is 14.3. The smallest absolute Gasteiger partial charge is 0.431 e. The highest BCUT2D eigenvalue weighted by Crippen LogP contribution is 2.46. The summed E-state index contributed by atoms with van der Waals surface area (Å²) in [6, 6.07) is 0. The molecule has 1 rings (SSSR count). The molecule has 1 fully saturated rings. The predicted octanol–water partition coefficient (Wildman–Crippen LogP) is 11.1. The zero-order valence-corrected chi connectivity index (χ0v) is 42.6. The lowest BCUT2D eigenvalue weighted by Crippen LogP contribution is -2.63. The number of hydrogen-bond donors (Lipinski definition) is 4. The minimum absolute atomic E-state index is 0.226.